The molecule has 0 radical (unpaired) electrons. The van der Waals surface area contributed by atoms with Crippen LogP contribution in [0.15, 0.2) is 18.2 Å². The topological polar surface area (TPSA) is 82.8 Å². The lowest BCUT2D eigenvalue weighted by Crippen LogP contribution is -2.55. The van der Waals surface area contributed by atoms with Crippen LogP contribution in [0.5, 0.6) is 11.5 Å². The summed E-state index contributed by atoms with van der Waals surface area (Å²) in [5.41, 5.74) is 6.62. The number of benzene rings is 1. The quantitative estimate of drug-likeness (QED) is 0.869. The van der Waals surface area contributed by atoms with Crippen LogP contribution in [0.25, 0.3) is 0 Å². The van der Waals surface area contributed by atoms with Gasteiger partial charge >= 0.3 is 0 Å². The van der Waals surface area contributed by atoms with Crippen molar-refractivity contribution in [2.45, 2.75) is 49.5 Å². The molecule has 2 fully saturated rings. The maximum Gasteiger partial charge on any atom is 0.240 e. The molecule has 0 unspecified atom stereocenters. The third-order valence-corrected chi connectivity index (χ3v) is 5.97. The van der Waals surface area contributed by atoms with E-state index in [1.807, 2.05) is 12.1 Å². The molecule has 25 heavy (non-hydrogen) atoms. The Morgan fingerprint density at radius 3 is 2.56 bits per heavy atom. The third-order valence-electron chi connectivity index (χ3n) is 5.97. The van der Waals surface area contributed by atoms with Gasteiger partial charge in [0.05, 0.1) is 5.54 Å². The summed E-state index contributed by atoms with van der Waals surface area (Å²) in [6, 6.07) is 6.09. The lowest BCUT2D eigenvalue weighted by atomic mass is 9.74. The van der Waals surface area contributed by atoms with Gasteiger partial charge < -0.3 is 25.3 Å². The summed E-state index contributed by atoms with van der Waals surface area (Å²) in [7, 11) is 0. The van der Waals surface area contributed by atoms with Gasteiger partial charge in [-0.3, -0.25) is 4.79 Å². The number of rotatable bonds is 4. The van der Waals surface area contributed by atoms with Crippen LogP contribution in [-0.4, -0.2) is 38.0 Å². The summed E-state index contributed by atoms with van der Waals surface area (Å²) in [5, 5.41) is 3.15. The van der Waals surface area contributed by atoms with Gasteiger partial charge in [0, 0.05) is 25.2 Å². The van der Waals surface area contributed by atoms with Gasteiger partial charge in [-0.1, -0.05) is 18.9 Å². The van der Waals surface area contributed by atoms with Crippen molar-refractivity contribution in [2.75, 3.05) is 26.6 Å². The Morgan fingerprint density at radius 2 is 1.80 bits per heavy atom. The van der Waals surface area contributed by atoms with E-state index < -0.39 is 5.54 Å². The summed E-state index contributed by atoms with van der Waals surface area (Å²) in [5.74, 6) is 1.54. The minimum absolute atomic E-state index is 0.0170. The average molecular weight is 346 g/mol. The fraction of sp³-hybridized carbons (Fsp3) is 0.632. The first-order valence-electron chi connectivity index (χ1n) is 9.17. The first-order valence-corrected chi connectivity index (χ1v) is 9.17. The van der Waals surface area contributed by atoms with E-state index in [1.165, 1.54) is 0 Å². The second-order valence-corrected chi connectivity index (χ2v) is 7.51. The van der Waals surface area contributed by atoms with E-state index >= 15 is 0 Å². The molecule has 1 aliphatic carbocycles. The molecular weight excluding hydrogens is 320 g/mol. The van der Waals surface area contributed by atoms with E-state index in [-0.39, 0.29) is 18.1 Å². The predicted molar refractivity (Wildman–Crippen MR) is 92.7 cm³/mol. The molecule has 1 amide bonds. The summed E-state index contributed by atoms with van der Waals surface area (Å²) >= 11 is 0. The zero-order valence-electron chi connectivity index (χ0n) is 14.5. The SMILES string of the molecule is NC1(C(=O)NCC2(c3ccc4c(c3)OCO4)CCOCC2)CCCC1. The number of ether oxygens (including phenoxy) is 3. The maximum absolute atomic E-state index is 12.7. The number of hydrogen-bond acceptors (Lipinski definition) is 5. The molecule has 1 aromatic carbocycles. The van der Waals surface area contributed by atoms with E-state index in [9.17, 15) is 4.79 Å². The number of carbonyl (C=O) groups is 1. The molecule has 2 heterocycles. The molecular formula is C19H26N2O4. The Balaban J connectivity index is 1.54. The fourth-order valence-electron chi connectivity index (χ4n) is 4.21. The van der Waals surface area contributed by atoms with Gasteiger partial charge in [-0.2, -0.15) is 0 Å². The van der Waals surface area contributed by atoms with Crippen molar-refractivity contribution in [3.05, 3.63) is 23.8 Å². The lowest BCUT2D eigenvalue weighted by molar-refractivity contribution is -0.126. The summed E-state index contributed by atoms with van der Waals surface area (Å²) < 4.78 is 16.5. The Labute approximate surface area is 148 Å². The second-order valence-electron chi connectivity index (χ2n) is 7.51. The molecule has 2 aliphatic heterocycles. The maximum atomic E-state index is 12.7. The molecule has 0 bridgehead atoms. The number of nitrogens with one attached hydrogen (secondary N) is 1. The largest absolute Gasteiger partial charge is 0.454 e. The molecule has 1 saturated heterocycles. The number of fused-ring (bicyclic) bond motifs is 1. The third kappa shape index (κ3) is 3.09. The first-order chi connectivity index (χ1) is 12.1. The Morgan fingerprint density at radius 1 is 1.08 bits per heavy atom. The van der Waals surface area contributed by atoms with E-state index in [1.54, 1.807) is 0 Å². The smallest absolute Gasteiger partial charge is 0.240 e. The molecule has 1 saturated carbocycles. The zero-order valence-corrected chi connectivity index (χ0v) is 14.5. The number of carbonyl (C=O) groups excluding carboxylic acids is 1. The molecule has 0 spiro atoms. The van der Waals surface area contributed by atoms with Gasteiger partial charge in [0.15, 0.2) is 11.5 Å². The Kier molecular flexibility index (Phi) is 4.33. The van der Waals surface area contributed by atoms with Gasteiger partial charge in [-0.05, 0) is 43.4 Å². The molecule has 3 aliphatic rings. The predicted octanol–water partition coefficient (Wildman–Crippen LogP) is 1.85. The minimum Gasteiger partial charge on any atom is -0.454 e. The van der Waals surface area contributed by atoms with E-state index in [0.29, 0.717) is 19.8 Å². The fourth-order valence-corrected chi connectivity index (χ4v) is 4.21. The van der Waals surface area contributed by atoms with Crippen LogP contribution >= 0.6 is 0 Å². The Hall–Kier alpha value is -1.79. The van der Waals surface area contributed by atoms with Crippen molar-refractivity contribution < 1.29 is 19.0 Å². The second kappa shape index (κ2) is 6.50. The number of hydrogen-bond donors (Lipinski definition) is 2. The van der Waals surface area contributed by atoms with Crippen LogP contribution in [-0.2, 0) is 14.9 Å². The van der Waals surface area contributed by atoms with Crippen molar-refractivity contribution in [1.29, 1.82) is 0 Å². The first kappa shape index (κ1) is 16.7. The van der Waals surface area contributed by atoms with Crippen molar-refractivity contribution in [2.24, 2.45) is 5.73 Å². The van der Waals surface area contributed by atoms with Gasteiger partial charge in [0.1, 0.15) is 0 Å². The molecule has 1 aromatic rings. The lowest BCUT2D eigenvalue weighted by Gasteiger charge is -2.38. The summed E-state index contributed by atoms with van der Waals surface area (Å²) in [6.45, 7) is 2.23. The van der Waals surface area contributed by atoms with E-state index in [2.05, 4.69) is 11.4 Å². The van der Waals surface area contributed by atoms with E-state index in [4.69, 9.17) is 19.9 Å². The van der Waals surface area contributed by atoms with Crippen LogP contribution in [0.3, 0.4) is 0 Å². The van der Waals surface area contributed by atoms with Crippen LogP contribution < -0.4 is 20.5 Å². The highest BCUT2D eigenvalue weighted by molar-refractivity contribution is 5.86. The highest BCUT2D eigenvalue weighted by Gasteiger charge is 2.40. The molecule has 3 N–H and O–H groups in total. The Bertz CT molecular complexity index is 649. The van der Waals surface area contributed by atoms with Crippen molar-refractivity contribution in [3.8, 4) is 11.5 Å². The molecule has 6 heteroatoms. The average Bonchev–Trinajstić information content (AvgIpc) is 3.29. The van der Waals surface area contributed by atoms with Gasteiger partial charge in [0.2, 0.25) is 12.7 Å². The minimum atomic E-state index is -0.693. The summed E-state index contributed by atoms with van der Waals surface area (Å²) in [6.07, 6.45) is 5.35. The molecule has 0 aromatic heterocycles. The zero-order chi connectivity index (χ0) is 17.3. The molecule has 6 nitrogen and oxygen atoms in total. The van der Waals surface area contributed by atoms with Gasteiger partial charge in [0.25, 0.3) is 0 Å². The van der Waals surface area contributed by atoms with Gasteiger partial charge in [-0.15, -0.1) is 0 Å². The monoisotopic (exact) mass is 346 g/mol. The number of nitrogens with two attached hydrogens (primary N) is 1. The standard InChI is InChI=1S/C19H26N2O4/c20-19(5-1-2-6-19)17(22)21-12-18(7-9-23-10-8-18)14-3-4-15-16(11-14)25-13-24-15/h3-4,11H,1-2,5-10,12-13,20H2,(H,21,22). The highest BCUT2D eigenvalue weighted by Crippen LogP contribution is 2.40. The summed E-state index contributed by atoms with van der Waals surface area (Å²) in [4.78, 5) is 12.7. The molecule has 136 valence electrons. The molecule has 0 atom stereocenters. The van der Waals surface area contributed by atoms with Crippen LogP contribution in [0.4, 0.5) is 0 Å². The van der Waals surface area contributed by atoms with Crippen LogP contribution in [0.1, 0.15) is 44.1 Å². The van der Waals surface area contributed by atoms with E-state index in [0.717, 1.165) is 55.6 Å². The van der Waals surface area contributed by atoms with Crippen molar-refractivity contribution in [1.82, 2.24) is 5.32 Å². The molecule has 4 rings (SSSR count). The van der Waals surface area contributed by atoms with Crippen LogP contribution in [0.2, 0.25) is 0 Å². The van der Waals surface area contributed by atoms with Crippen molar-refractivity contribution in [3.63, 3.8) is 0 Å². The van der Waals surface area contributed by atoms with Crippen molar-refractivity contribution >= 4 is 5.91 Å². The van der Waals surface area contributed by atoms with Crippen LogP contribution in [0, 0.1) is 0 Å². The highest BCUT2D eigenvalue weighted by atomic mass is 16.7. The number of amides is 1. The van der Waals surface area contributed by atoms with Gasteiger partial charge in [-0.25, -0.2) is 0 Å². The normalized spacial score (nSPS) is 23.4.